The molecule has 1 aliphatic heterocycles. The van der Waals surface area contributed by atoms with Gasteiger partial charge < -0.3 is 24.6 Å². The number of amides is 1. The van der Waals surface area contributed by atoms with Crippen LogP contribution in [-0.4, -0.2) is 48.0 Å². The van der Waals surface area contributed by atoms with Gasteiger partial charge >= 0.3 is 0 Å². The van der Waals surface area contributed by atoms with E-state index < -0.39 is 6.23 Å². The summed E-state index contributed by atoms with van der Waals surface area (Å²) in [5, 5.41) is 18.1. The monoisotopic (exact) mass is 540 g/mol. The maximum atomic E-state index is 13.2. The number of methoxy groups -OCH3 is 1. The van der Waals surface area contributed by atoms with Crippen LogP contribution in [0, 0.1) is 0 Å². The van der Waals surface area contributed by atoms with E-state index in [1.54, 1.807) is 53.7 Å². The van der Waals surface area contributed by atoms with E-state index in [9.17, 15) is 9.90 Å². The van der Waals surface area contributed by atoms with Gasteiger partial charge in [0, 0.05) is 36.1 Å². The standard InChI is InChI=1S/C31H32N4O5/c1-5-17-39-28-19-25-24(18-27(28)38-4)26(15-16-32-25)40-23-13-11-21(12-14-23)33-30(36)29-20(2)34(3)35(31(29)37)22-9-7-6-8-10-22/h6-16,18-19,31,37H,5,17H2,1-4H3,(H,33,36). The van der Waals surface area contributed by atoms with Crippen LogP contribution in [0.3, 0.4) is 0 Å². The molecule has 2 heterocycles. The van der Waals surface area contributed by atoms with Gasteiger partial charge in [-0.2, -0.15) is 0 Å². The number of nitrogens with zero attached hydrogens (tertiary/aromatic N) is 3. The molecule has 1 unspecified atom stereocenters. The number of hydrogen-bond acceptors (Lipinski definition) is 8. The molecule has 0 fully saturated rings. The number of aliphatic hydroxyl groups is 1. The van der Waals surface area contributed by atoms with Crippen LogP contribution in [0.4, 0.5) is 11.4 Å². The molecular formula is C31H32N4O5. The number of aliphatic hydroxyl groups excluding tert-OH is 1. The number of fused-ring (bicyclic) bond motifs is 1. The molecule has 4 aromatic rings. The van der Waals surface area contributed by atoms with Crippen LogP contribution < -0.4 is 24.5 Å². The number of pyridine rings is 1. The molecule has 0 spiro atoms. The minimum Gasteiger partial charge on any atom is -0.493 e. The van der Waals surface area contributed by atoms with Crippen LogP contribution >= 0.6 is 0 Å². The third kappa shape index (κ3) is 5.23. The predicted molar refractivity (Wildman–Crippen MR) is 155 cm³/mol. The largest absolute Gasteiger partial charge is 0.493 e. The first-order chi connectivity index (χ1) is 19.4. The zero-order valence-corrected chi connectivity index (χ0v) is 22.9. The summed E-state index contributed by atoms with van der Waals surface area (Å²) < 4.78 is 17.5. The smallest absolute Gasteiger partial charge is 0.258 e. The number of ether oxygens (including phenoxy) is 3. The lowest BCUT2D eigenvalue weighted by molar-refractivity contribution is -0.113. The van der Waals surface area contributed by atoms with Gasteiger partial charge in [-0.1, -0.05) is 25.1 Å². The summed E-state index contributed by atoms with van der Waals surface area (Å²) in [6.07, 6.45) is 1.45. The van der Waals surface area contributed by atoms with Crippen LogP contribution in [0.1, 0.15) is 20.3 Å². The van der Waals surface area contributed by atoms with Crippen molar-refractivity contribution in [1.82, 2.24) is 9.99 Å². The highest BCUT2D eigenvalue weighted by Gasteiger charge is 2.37. The number of hydrogen-bond donors (Lipinski definition) is 2. The van der Waals surface area contributed by atoms with E-state index in [0.717, 1.165) is 23.0 Å². The van der Waals surface area contributed by atoms with Gasteiger partial charge in [0.2, 0.25) is 0 Å². The molecule has 0 radical (unpaired) electrons. The average molecular weight is 541 g/mol. The Labute approximate surface area is 233 Å². The number of allylic oxidation sites excluding steroid dienone is 1. The molecule has 9 heteroatoms. The molecule has 9 nitrogen and oxygen atoms in total. The topological polar surface area (TPSA) is 96.4 Å². The Bertz CT molecular complexity index is 1540. The van der Waals surface area contributed by atoms with Crippen molar-refractivity contribution in [1.29, 1.82) is 0 Å². The summed E-state index contributed by atoms with van der Waals surface area (Å²) in [5.74, 6) is 2.06. The van der Waals surface area contributed by atoms with Crippen LogP contribution in [0.5, 0.6) is 23.0 Å². The fraction of sp³-hybridized carbons (Fsp3) is 0.226. The van der Waals surface area contributed by atoms with Crippen LogP contribution in [-0.2, 0) is 4.79 Å². The summed E-state index contributed by atoms with van der Waals surface area (Å²) in [4.78, 5) is 17.7. The van der Waals surface area contributed by atoms with Gasteiger partial charge in [-0.25, -0.2) is 0 Å². The maximum Gasteiger partial charge on any atom is 0.258 e. The lowest BCUT2D eigenvalue weighted by Gasteiger charge is -2.31. The maximum absolute atomic E-state index is 13.2. The minimum atomic E-state index is -1.11. The van der Waals surface area contributed by atoms with Crippen molar-refractivity contribution < 1.29 is 24.1 Å². The first-order valence-electron chi connectivity index (χ1n) is 13.1. The second-order valence-electron chi connectivity index (χ2n) is 9.33. The normalized spacial score (nSPS) is 15.0. The lowest BCUT2D eigenvalue weighted by Crippen LogP contribution is -2.41. The second-order valence-corrected chi connectivity index (χ2v) is 9.33. The second kappa shape index (κ2) is 11.5. The Hall–Kier alpha value is -4.76. The van der Waals surface area contributed by atoms with Crippen molar-refractivity contribution >= 4 is 28.2 Å². The van der Waals surface area contributed by atoms with Crippen molar-refractivity contribution in [2.75, 3.05) is 31.1 Å². The molecule has 3 aromatic carbocycles. The van der Waals surface area contributed by atoms with E-state index in [2.05, 4.69) is 10.3 Å². The number of hydrazine groups is 1. The fourth-order valence-electron chi connectivity index (χ4n) is 4.62. The van der Waals surface area contributed by atoms with Gasteiger partial charge in [0.15, 0.2) is 17.7 Å². The molecule has 0 aliphatic carbocycles. The zero-order chi connectivity index (χ0) is 28.2. The summed E-state index contributed by atoms with van der Waals surface area (Å²) >= 11 is 0. The first kappa shape index (κ1) is 26.8. The molecule has 5 rings (SSSR count). The number of para-hydroxylation sites is 1. The molecule has 0 bridgehead atoms. The molecule has 0 saturated heterocycles. The highest BCUT2D eigenvalue weighted by Crippen LogP contribution is 2.37. The number of aromatic nitrogens is 1. The third-order valence-electron chi connectivity index (χ3n) is 6.74. The molecule has 2 N–H and O–H groups in total. The third-order valence-corrected chi connectivity index (χ3v) is 6.74. The zero-order valence-electron chi connectivity index (χ0n) is 22.9. The van der Waals surface area contributed by atoms with E-state index >= 15 is 0 Å². The van der Waals surface area contributed by atoms with E-state index in [1.807, 2.05) is 63.4 Å². The number of carbonyl (C=O) groups is 1. The number of rotatable bonds is 9. The average Bonchev–Trinajstić information content (AvgIpc) is 3.20. The molecule has 206 valence electrons. The van der Waals surface area contributed by atoms with Crippen molar-refractivity contribution in [3.63, 3.8) is 0 Å². The fourth-order valence-corrected chi connectivity index (χ4v) is 4.62. The summed E-state index contributed by atoms with van der Waals surface area (Å²) in [5.41, 5.74) is 3.03. The Morgan fingerprint density at radius 2 is 1.77 bits per heavy atom. The summed E-state index contributed by atoms with van der Waals surface area (Å²) in [7, 11) is 3.42. The van der Waals surface area contributed by atoms with Gasteiger partial charge in [-0.05, 0) is 61.9 Å². The van der Waals surface area contributed by atoms with Gasteiger partial charge in [0.25, 0.3) is 5.91 Å². The van der Waals surface area contributed by atoms with Gasteiger partial charge in [-0.15, -0.1) is 0 Å². The number of nitrogens with one attached hydrogen (secondary N) is 1. The highest BCUT2D eigenvalue weighted by atomic mass is 16.5. The quantitative estimate of drug-likeness (QED) is 0.278. The Morgan fingerprint density at radius 3 is 2.48 bits per heavy atom. The molecule has 0 saturated carbocycles. The van der Waals surface area contributed by atoms with Crippen LogP contribution in [0.15, 0.2) is 90.3 Å². The SMILES string of the molecule is CCCOc1cc2nccc(Oc3ccc(NC(=O)C4=C(C)N(C)N(c5ccccc5)C4O)cc3)c2cc1OC. The summed E-state index contributed by atoms with van der Waals surface area (Å²) in [6, 6.07) is 22.0. The number of anilines is 2. The highest BCUT2D eigenvalue weighted by molar-refractivity contribution is 6.05. The van der Waals surface area contributed by atoms with Crippen molar-refractivity contribution in [2.24, 2.45) is 0 Å². The van der Waals surface area contributed by atoms with Gasteiger partial charge in [0.05, 0.1) is 30.5 Å². The van der Waals surface area contributed by atoms with Gasteiger partial charge in [0.1, 0.15) is 11.5 Å². The number of benzene rings is 3. The molecule has 1 atom stereocenters. The van der Waals surface area contributed by atoms with E-state index in [1.165, 1.54) is 0 Å². The van der Waals surface area contributed by atoms with Crippen molar-refractivity contribution in [3.8, 4) is 23.0 Å². The molecular weight excluding hydrogens is 508 g/mol. The minimum absolute atomic E-state index is 0.283. The Balaban J connectivity index is 1.31. The molecule has 40 heavy (non-hydrogen) atoms. The van der Waals surface area contributed by atoms with Crippen LogP contribution in [0.2, 0.25) is 0 Å². The Kier molecular flexibility index (Phi) is 7.75. The lowest BCUT2D eigenvalue weighted by atomic mass is 10.1. The molecule has 1 aliphatic rings. The summed E-state index contributed by atoms with van der Waals surface area (Å²) in [6.45, 7) is 4.44. The Morgan fingerprint density at radius 1 is 1.02 bits per heavy atom. The van der Waals surface area contributed by atoms with E-state index in [-0.39, 0.29) is 11.5 Å². The van der Waals surface area contributed by atoms with E-state index in [4.69, 9.17) is 14.2 Å². The molecule has 1 aromatic heterocycles. The van der Waals surface area contributed by atoms with E-state index in [0.29, 0.717) is 41.0 Å². The van der Waals surface area contributed by atoms with Crippen molar-refractivity contribution in [2.45, 2.75) is 26.5 Å². The number of carbonyl (C=O) groups excluding carboxylic acids is 1. The predicted octanol–water partition coefficient (Wildman–Crippen LogP) is 5.72. The van der Waals surface area contributed by atoms with Crippen molar-refractivity contribution in [3.05, 3.63) is 90.3 Å². The van der Waals surface area contributed by atoms with Crippen LogP contribution in [0.25, 0.3) is 10.9 Å². The van der Waals surface area contributed by atoms with Gasteiger partial charge in [-0.3, -0.25) is 19.8 Å². The first-order valence-corrected chi connectivity index (χ1v) is 13.1. The molecule has 1 amide bonds.